The van der Waals surface area contributed by atoms with Crippen LogP contribution in [0.4, 0.5) is 0 Å². The number of carbonyl (C=O) groups is 1. The van der Waals surface area contributed by atoms with Gasteiger partial charge in [-0.25, -0.2) is 9.50 Å². The summed E-state index contributed by atoms with van der Waals surface area (Å²) in [5.41, 5.74) is 3.80. The molecule has 3 aromatic heterocycles. The molecule has 3 heterocycles. The molecule has 0 N–H and O–H groups in total. The highest BCUT2D eigenvalue weighted by molar-refractivity contribution is 5.73. The van der Waals surface area contributed by atoms with Gasteiger partial charge in [0.15, 0.2) is 0 Å². The van der Waals surface area contributed by atoms with Gasteiger partial charge in [0.1, 0.15) is 0 Å². The minimum absolute atomic E-state index is 0.0354. The van der Waals surface area contributed by atoms with Crippen molar-refractivity contribution in [2.75, 3.05) is 7.11 Å². The normalized spacial score (nSPS) is 20.6. The Bertz CT molecular complexity index is 897. The van der Waals surface area contributed by atoms with Crippen molar-refractivity contribution in [3.63, 3.8) is 0 Å². The average molecular weight is 325 g/mol. The average Bonchev–Trinajstić information content (AvgIpc) is 3.32. The van der Waals surface area contributed by atoms with Crippen molar-refractivity contribution < 1.29 is 9.53 Å². The van der Waals surface area contributed by atoms with Crippen molar-refractivity contribution in [2.45, 2.75) is 25.2 Å². The Labute approximate surface area is 139 Å². The van der Waals surface area contributed by atoms with E-state index in [9.17, 15) is 4.79 Å². The van der Waals surface area contributed by atoms with Gasteiger partial charge in [-0.15, -0.1) is 0 Å². The third kappa shape index (κ3) is 2.46. The molecule has 3 aromatic rings. The third-order valence-corrected chi connectivity index (χ3v) is 4.77. The molecular weight excluding hydrogens is 306 g/mol. The topological polar surface area (TPSA) is 74.3 Å². The molecule has 0 aromatic carbocycles. The molecule has 0 amide bonds. The van der Waals surface area contributed by atoms with E-state index in [-0.39, 0.29) is 17.8 Å². The van der Waals surface area contributed by atoms with Crippen molar-refractivity contribution in [1.82, 2.24) is 24.4 Å². The molecule has 7 heteroatoms. The fourth-order valence-electron chi connectivity index (χ4n) is 3.56. The molecule has 0 spiro atoms. The van der Waals surface area contributed by atoms with Crippen molar-refractivity contribution in [1.29, 1.82) is 0 Å². The second-order valence-corrected chi connectivity index (χ2v) is 6.31. The van der Waals surface area contributed by atoms with E-state index in [1.807, 2.05) is 30.0 Å². The number of nitrogens with zero attached hydrogens (tertiary/aromatic N) is 5. The molecule has 4 rings (SSSR count). The Morgan fingerprint density at radius 3 is 2.92 bits per heavy atom. The molecule has 0 aliphatic heterocycles. The van der Waals surface area contributed by atoms with Gasteiger partial charge in [-0.2, -0.15) is 10.2 Å². The number of rotatable bonds is 3. The summed E-state index contributed by atoms with van der Waals surface area (Å²) in [7, 11) is 3.33. The molecule has 1 aliphatic rings. The fourth-order valence-corrected chi connectivity index (χ4v) is 3.56. The van der Waals surface area contributed by atoms with E-state index in [4.69, 9.17) is 9.72 Å². The van der Waals surface area contributed by atoms with Crippen LogP contribution in [-0.4, -0.2) is 37.5 Å². The van der Waals surface area contributed by atoms with Crippen molar-refractivity contribution >= 4 is 11.5 Å². The van der Waals surface area contributed by atoms with Gasteiger partial charge >= 0.3 is 5.97 Å². The van der Waals surface area contributed by atoms with E-state index in [1.165, 1.54) is 7.11 Å². The zero-order chi connectivity index (χ0) is 16.7. The monoisotopic (exact) mass is 325 g/mol. The van der Waals surface area contributed by atoms with Crippen LogP contribution in [0, 0.1) is 5.92 Å². The SMILES string of the molecule is COC(=O)[C@@H]1CC[C@H](c2nc(-c3cnn(C)c3)cn3nccc23)C1. The molecule has 124 valence electrons. The van der Waals surface area contributed by atoms with Crippen LogP contribution < -0.4 is 0 Å². The molecule has 24 heavy (non-hydrogen) atoms. The van der Waals surface area contributed by atoms with E-state index in [1.54, 1.807) is 17.1 Å². The molecule has 0 unspecified atom stereocenters. The largest absolute Gasteiger partial charge is 0.469 e. The lowest BCUT2D eigenvalue weighted by molar-refractivity contribution is -0.145. The van der Waals surface area contributed by atoms with Gasteiger partial charge in [-0.1, -0.05) is 0 Å². The number of aryl methyl sites for hydroxylation is 1. The van der Waals surface area contributed by atoms with Gasteiger partial charge in [0.2, 0.25) is 0 Å². The van der Waals surface area contributed by atoms with Gasteiger partial charge in [-0.3, -0.25) is 9.48 Å². The van der Waals surface area contributed by atoms with Crippen LogP contribution >= 0.6 is 0 Å². The van der Waals surface area contributed by atoms with Gasteiger partial charge in [-0.05, 0) is 25.3 Å². The van der Waals surface area contributed by atoms with Crippen LogP contribution in [0.1, 0.15) is 30.9 Å². The Morgan fingerprint density at radius 1 is 1.29 bits per heavy atom. The van der Waals surface area contributed by atoms with Crippen LogP contribution in [0.2, 0.25) is 0 Å². The first-order chi connectivity index (χ1) is 11.7. The smallest absolute Gasteiger partial charge is 0.308 e. The highest BCUT2D eigenvalue weighted by Crippen LogP contribution is 2.40. The second kappa shape index (κ2) is 5.74. The van der Waals surface area contributed by atoms with Crippen molar-refractivity contribution in [2.24, 2.45) is 13.0 Å². The number of aromatic nitrogens is 5. The Balaban J connectivity index is 1.75. The Kier molecular flexibility index (Phi) is 3.55. The lowest BCUT2D eigenvalue weighted by Gasteiger charge is -2.13. The van der Waals surface area contributed by atoms with E-state index >= 15 is 0 Å². The first-order valence-electron chi connectivity index (χ1n) is 8.07. The summed E-state index contributed by atoms with van der Waals surface area (Å²) in [4.78, 5) is 16.7. The molecule has 1 fully saturated rings. The maximum Gasteiger partial charge on any atom is 0.308 e. The maximum atomic E-state index is 11.8. The number of carbonyl (C=O) groups excluding carboxylic acids is 1. The van der Waals surface area contributed by atoms with Crippen LogP contribution in [0.15, 0.2) is 30.9 Å². The number of methoxy groups -OCH3 is 1. The molecular formula is C17H19N5O2. The van der Waals surface area contributed by atoms with Crippen molar-refractivity contribution in [3.8, 4) is 11.3 Å². The number of esters is 1. The maximum absolute atomic E-state index is 11.8. The summed E-state index contributed by atoms with van der Waals surface area (Å²) in [5, 5.41) is 8.59. The van der Waals surface area contributed by atoms with Crippen LogP contribution in [0.25, 0.3) is 16.8 Å². The lowest BCUT2D eigenvalue weighted by Crippen LogP contribution is -2.13. The fraction of sp³-hybridized carbons (Fsp3) is 0.412. The van der Waals surface area contributed by atoms with Crippen LogP contribution in [0.5, 0.6) is 0 Å². The minimum atomic E-state index is -0.120. The summed E-state index contributed by atoms with van der Waals surface area (Å²) in [6.45, 7) is 0. The Hall–Kier alpha value is -2.70. The molecule has 0 radical (unpaired) electrons. The quantitative estimate of drug-likeness (QED) is 0.690. The van der Waals surface area contributed by atoms with E-state index in [0.717, 1.165) is 41.7 Å². The summed E-state index contributed by atoms with van der Waals surface area (Å²) >= 11 is 0. The second-order valence-electron chi connectivity index (χ2n) is 6.31. The minimum Gasteiger partial charge on any atom is -0.469 e. The summed E-state index contributed by atoms with van der Waals surface area (Å²) < 4.78 is 8.51. The number of hydrogen-bond acceptors (Lipinski definition) is 5. The van der Waals surface area contributed by atoms with Gasteiger partial charge < -0.3 is 4.74 Å². The number of hydrogen-bond donors (Lipinski definition) is 0. The third-order valence-electron chi connectivity index (χ3n) is 4.77. The molecule has 1 saturated carbocycles. The van der Waals surface area contributed by atoms with Gasteiger partial charge in [0.05, 0.1) is 48.5 Å². The van der Waals surface area contributed by atoms with Gasteiger partial charge in [0, 0.05) is 24.7 Å². The molecule has 7 nitrogen and oxygen atoms in total. The summed E-state index contributed by atoms with van der Waals surface area (Å²) in [5.74, 6) is 0.0854. The first-order valence-corrected chi connectivity index (χ1v) is 8.07. The highest BCUT2D eigenvalue weighted by atomic mass is 16.5. The molecule has 2 atom stereocenters. The molecule has 0 saturated heterocycles. The van der Waals surface area contributed by atoms with Gasteiger partial charge in [0.25, 0.3) is 0 Å². The van der Waals surface area contributed by atoms with E-state index in [2.05, 4.69) is 10.2 Å². The molecule has 0 bridgehead atoms. The predicted octanol–water partition coefficient (Wildman–Crippen LogP) is 2.19. The van der Waals surface area contributed by atoms with Crippen molar-refractivity contribution in [3.05, 3.63) is 36.5 Å². The first kappa shape index (κ1) is 14.9. The molecule has 1 aliphatic carbocycles. The lowest BCUT2D eigenvalue weighted by atomic mass is 10.00. The predicted molar refractivity (Wildman–Crippen MR) is 87.3 cm³/mol. The number of ether oxygens (including phenoxy) is 1. The standard InChI is InChI=1S/C17H19N5O2/c1-21-9-13(8-19-21)14-10-22-15(5-6-18-22)16(20-14)11-3-4-12(7-11)17(23)24-2/h5-6,8-12H,3-4,7H2,1-2H3/t11-,12+/m0/s1. The van der Waals surface area contributed by atoms with E-state index in [0.29, 0.717) is 0 Å². The van der Waals surface area contributed by atoms with E-state index < -0.39 is 0 Å². The summed E-state index contributed by atoms with van der Waals surface area (Å²) in [6.07, 6.45) is 9.99. The zero-order valence-electron chi connectivity index (χ0n) is 13.7. The van der Waals surface area contributed by atoms with Crippen LogP contribution in [-0.2, 0) is 16.6 Å². The zero-order valence-corrected chi connectivity index (χ0v) is 13.7. The highest BCUT2D eigenvalue weighted by Gasteiger charge is 2.33. The summed E-state index contributed by atoms with van der Waals surface area (Å²) in [6, 6.07) is 1.97. The Morgan fingerprint density at radius 2 is 2.17 bits per heavy atom. The number of fused-ring (bicyclic) bond motifs is 1. The van der Waals surface area contributed by atoms with Crippen LogP contribution in [0.3, 0.4) is 0 Å².